The summed E-state index contributed by atoms with van der Waals surface area (Å²) in [6, 6.07) is -0.221. The zero-order valence-corrected chi connectivity index (χ0v) is 19.1. The van der Waals surface area contributed by atoms with Crippen LogP contribution >= 0.6 is 22.6 Å². The Hall–Kier alpha value is -1.10. The topological polar surface area (TPSA) is 114 Å². The summed E-state index contributed by atoms with van der Waals surface area (Å²) in [7, 11) is 0. The monoisotopic (exact) mass is 512 g/mol. The summed E-state index contributed by atoms with van der Waals surface area (Å²) in [6.45, 7) is 6.83. The average molecular weight is 512 g/mol. The second-order valence-electron chi connectivity index (χ2n) is 7.09. The number of carbonyl (C=O) groups excluding carboxylic acids is 2. The van der Waals surface area contributed by atoms with Crippen LogP contribution in [-0.2, 0) is 19.1 Å². The van der Waals surface area contributed by atoms with Crippen molar-refractivity contribution in [2.75, 3.05) is 24.2 Å². The maximum absolute atomic E-state index is 12.2. The van der Waals surface area contributed by atoms with Gasteiger partial charge in [0.15, 0.2) is 0 Å². The van der Waals surface area contributed by atoms with Crippen LogP contribution in [0.2, 0.25) is 0 Å². The van der Waals surface area contributed by atoms with Crippen molar-refractivity contribution in [3.8, 4) is 0 Å². The van der Waals surface area contributed by atoms with Crippen LogP contribution in [0.25, 0.3) is 0 Å². The molecule has 0 aromatic carbocycles. The fourth-order valence-corrected chi connectivity index (χ4v) is 4.28. The number of ether oxygens (including phenoxy) is 2. The summed E-state index contributed by atoms with van der Waals surface area (Å²) in [5, 5.41) is 15.2. The number of aliphatic carboxylic acids is 1. The number of carboxylic acid groups (broad SMARTS) is 1. The zero-order valence-electron chi connectivity index (χ0n) is 16.9. The molecular weight excluding hydrogens is 479 g/mol. The third-order valence-corrected chi connectivity index (χ3v) is 5.76. The predicted octanol–water partition coefficient (Wildman–Crippen LogP) is 2.58. The van der Waals surface area contributed by atoms with E-state index >= 15 is 0 Å². The summed E-state index contributed by atoms with van der Waals surface area (Å²) in [5.41, 5.74) is 0. The number of carbonyl (C=O) groups is 3. The Morgan fingerprint density at radius 1 is 1.18 bits per heavy atom. The Morgan fingerprint density at radius 3 is 2.39 bits per heavy atom. The summed E-state index contributed by atoms with van der Waals surface area (Å²) in [6.07, 6.45) is 1.30. The third-order valence-electron chi connectivity index (χ3n) is 5.31. The fraction of sp³-hybridized carbons (Fsp3) is 0.842. The maximum Gasteiger partial charge on any atom is 0.407 e. The highest BCUT2D eigenvalue weighted by atomic mass is 127. The molecule has 0 aromatic heterocycles. The number of hydrogen-bond acceptors (Lipinski definition) is 5. The Labute approximate surface area is 180 Å². The number of rotatable bonds is 12. The first-order chi connectivity index (χ1) is 13.3. The van der Waals surface area contributed by atoms with Gasteiger partial charge < -0.3 is 25.2 Å². The van der Waals surface area contributed by atoms with E-state index < -0.39 is 24.1 Å². The number of alkyl halides is 1. The highest BCUT2D eigenvalue weighted by molar-refractivity contribution is 14.1. The molecule has 0 spiro atoms. The number of halogens is 1. The molecule has 0 saturated heterocycles. The molecule has 0 aliphatic heterocycles. The normalized spacial score (nSPS) is 22.7. The first-order valence-corrected chi connectivity index (χ1v) is 11.5. The van der Waals surface area contributed by atoms with Crippen LogP contribution in [0.4, 0.5) is 4.79 Å². The molecule has 1 aliphatic carbocycles. The Bertz CT molecular complexity index is 515. The molecule has 3 N–H and O–H groups in total. The van der Waals surface area contributed by atoms with E-state index in [0.717, 1.165) is 17.3 Å². The van der Waals surface area contributed by atoms with Gasteiger partial charge in [0.2, 0.25) is 5.91 Å². The van der Waals surface area contributed by atoms with Crippen molar-refractivity contribution < 1.29 is 29.0 Å². The molecule has 28 heavy (non-hydrogen) atoms. The Balaban J connectivity index is 2.85. The Kier molecular flexibility index (Phi) is 11.7. The van der Waals surface area contributed by atoms with Gasteiger partial charge >= 0.3 is 12.1 Å². The number of carboxylic acids is 1. The van der Waals surface area contributed by atoms with Crippen molar-refractivity contribution in [3.05, 3.63) is 0 Å². The fourth-order valence-electron chi connectivity index (χ4n) is 3.97. The van der Waals surface area contributed by atoms with Gasteiger partial charge in [-0.15, -0.1) is 0 Å². The minimum absolute atomic E-state index is 0.161. The highest BCUT2D eigenvalue weighted by Crippen LogP contribution is 2.39. The van der Waals surface area contributed by atoms with Gasteiger partial charge in [-0.05, 0) is 18.8 Å². The van der Waals surface area contributed by atoms with E-state index in [1.165, 1.54) is 6.92 Å². The lowest BCUT2D eigenvalue weighted by Gasteiger charge is -2.35. The SMILES string of the molecule is CCC(CC)[C@@H](NC(C)=O)[C@H]1CC[C@H](C(=O)O)[C@H]1OC(=O)NCCOCCI. The van der Waals surface area contributed by atoms with Crippen LogP contribution in [0.3, 0.4) is 0 Å². The van der Waals surface area contributed by atoms with Crippen molar-refractivity contribution in [1.82, 2.24) is 10.6 Å². The molecule has 2 amide bonds. The van der Waals surface area contributed by atoms with Gasteiger partial charge in [0.1, 0.15) is 6.10 Å². The summed E-state index contributed by atoms with van der Waals surface area (Å²) in [4.78, 5) is 35.7. The lowest BCUT2D eigenvalue weighted by Crippen LogP contribution is -2.49. The minimum atomic E-state index is -0.975. The van der Waals surface area contributed by atoms with Crippen LogP contribution in [-0.4, -0.2) is 59.4 Å². The second-order valence-corrected chi connectivity index (χ2v) is 8.17. The van der Waals surface area contributed by atoms with Crippen molar-refractivity contribution >= 4 is 40.6 Å². The largest absolute Gasteiger partial charge is 0.481 e. The molecule has 1 fully saturated rings. The van der Waals surface area contributed by atoms with Crippen LogP contribution in [0.15, 0.2) is 0 Å². The molecule has 1 rings (SSSR count). The van der Waals surface area contributed by atoms with E-state index in [-0.39, 0.29) is 23.8 Å². The van der Waals surface area contributed by atoms with Gasteiger partial charge in [0.25, 0.3) is 0 Å². The molecule has 1 aliphatic rings. The second kappa shape index (κ2) is 13.2. The molecular formula is C19H33IN2O6. The minimum Gasteiger partial charge on any atom is -0.481 e. The van der Waals surface area contributed by atoms with E-state index in [0.29, 0.717) is 32.6 Å². The van der Waals surface area contributed by atoms with Gasteiger partial charge in [0.05, 0.1) is 19.1 Å². The van der Waals surface area contributed by atoms with E-state index in [9.17, 15) is 19.5 Å². The summed E-state index contributed by atoms with van der Waals surface area (Å²) >= 11 is 2.20. The van der Waals surface area contributed by atoms with E-state index in [2.05, 4.69) is 33.2 Å². The van der Waals surface area contributed by atoms with Crippen molar-refractivity contribution in [2.45, 2.75) is 58.6 Å². The summed E-state index contributed by atoms with van der Waals surface area (Å²) < 4.78 is 11.7. The van der Waals surface area contributed by atoms with Gasteiger partial charge in [-0.25, -0.2) is 4.79 Å². The molecule has 0 aromatic rings. The molecule has 4 atom stereocenters. The highest BCUT2D eigenvalue weighted by Gasteiger charge is 2.47. The first kappa shape index (κ1) is 24.9. The van der Waals surface area contributed by atoms with Crippen LogP contribution in [0.5, 0.6) is 0 Å². The number of hydrogen-bond donors (Lipinski definition) is 3. The lowest BCUT2D eigenvalue weighted by molar-refractivity contribution is -0.145. The number of amides is 2. The predicted molar refractivity (Wildman–Crippen MR) is 114 cm³/mol. The Morgan fingerprint density at radius 2 is 1.86 bits per heavy atom. The molecule has 0 heterocycles. The molecule has 1 saturated carbocycles. The molecule has 0 radical (unpaired) electrons. The molecule has 0 unspecified atom stereocenters. The van der Waals surface area contributed by atoms with Crippen LogP contribution < -0.4 is 10.6 Å². The third kappa shape index (κ3) is 7.73. The standard InChI is InChI=1S/C19H33IN2O6/c1-4-13(5-2)16(22-12(3)23)14-6-7-15(18(24)25)17(14)28-19(26)21-9-11-27-10-8-20/h13-17H,4-11H2,1-3H3,(H,21,26)(H,22,23)(H,24,25)/t14-,15+,16-,17+/m1/s1. The van der Waals surface area contributed by atoms with Gasteiger partial charge in [-0.1, -0.05) is 49.3 Å². The lowest BCUT2D eigenvalue weighted by atomic mass is 9.82. The van der Waals surface area contributed by atoms with Crippen LogP contribution in [0.1, 0.15) is 46.5 Å². The average Bonchev–Trinajstić information content (AvgIpc) is 3.04. The molecule has 8 nitrogen and oxygen atoms in total. The molecule has 0 bridgehead atoms. The van der Waals surface area contributed by atoms with E-state index in [1.807, 2.05) is 13.8 Å². The van der Waals surface area contributed by atoms with Gasteiger partial charge in [-0.2, -0.15) is 0 Å². The van der Waals surface area contributed by atoms with E-state index in [4.69, 9.17) is 9.47 Å². The smallest absolute Gasteiger partial charge is 0.407 e. The maximum atomic E-state index is 12.2. The van der Waals surface area contributed by atoms with Gasteiger partial charge in [0, 0.05) is 29.9 Å². The van der Waals surface area contributed by atoms with Crippen molar-refractivity contribution in [3.63, 3.8) is 0 Å². The first-order valence-electron chi connectivity index (χ1n) is 9.93. The van der Waals surface area contributed by atoms with Crippen molar-refractivity contribution in [1.29, 1.82) is 0 Å². The van der Waals surface area contributed by atoms with Crippen molar-refractivity contribution in [2.24, 2.45) is 17.8 Å². The molecule has 162 valence electrons. The van der Waals surface area contributed by atoms with Gasteiger partial charge in [-0.3, -0.25) is 9.59 Å². The number of alkyl carbamates (subject to hydrolysis) is 1. The van der Waals surface area contributed by atoms with E-state index in [1.54, 1.807) is 0 Å². The molecule has 9 heteroatoms. The van der Waals surface area contributed by atoms with Crippen LogP contribution in [0, 0.1) is 17.8 Å². The number of nitrogens with one attached hydrogen (secondary N) is 2. The summed E-state index contributed by atoms with van der Waals surface area (Å²) in [5.74, 6) is -1.94. The quantitative estimate of drug-likeness (QED) is 0.211. The zero-order chi connectivity index (χ0) is 21.1.